The van der Waals surface area contributed by atoms with Gasteiger partial charge in [0.1, 0.15) is 12.0 Å². The van der Waals surface area contributed by atoms with Gasteiger partial charge in [0.25, 0.3) is 0 Å². The highest BCUT2D eigenvalue weighted by molar-refractivity contribution is 7.10. The summed E-state index contributed by atoms with van der Waals surface area (Å²) in [6.07, 6.45) is 0.0947. The smallest absolute Gasteiger partial charge is 0.145 e. The molecular formula is C18H13N3S. The van der Waals surface area contributed by atoms with Crippen molar-refractivity contribution in [2.24, 2.45) is 0 Å². The van der Waals surface area contributed by atoms with Gasteiger partial charge in [-0.2, -0.15) is 0 Å². The van der Waals surface area contributed by atoms with Gasteiger partial charge in [-0.25, -0.2) is 4.98 Å². The Morgan fingerprint density at radius 2 is 1.82 bits per heavy atom. The number of nitrogens with one attached hydrogen (secondary N) is 1. The van der Waals surface area contributed by atoms with E-state index in [1.54, 1.807) is 11.3 Å². The Kier molecular flexibility index (Phi) is 2.43. The standard InChI is InChI=1S/C18H13N3S/c1-2-7-13-12(6-1)17-20-14-8-3-4-9-15(14)21(17)18(19-13)16-10-5-11-22-16/h1-11,18-19H/t18-/m1/s1. The molecule has 3 heterocycles. The Morgan fingerprint density at radius 3 is 2.73 bits per heavy atom. The van der Waals surface area contributed by atoms with Gasteiger partial charge in [-0.05, 0) is 35.7 Å². The molecule has 2 aromatic carbocycles. The lowest BCUT2D eigenvalue weighted by Gasteiger charge is -2.29. The molecule has 5 rings (SSSR count). The largest absolute Gasteiger partial charge is 0.360 e. The maximum Gasteiger partial charge on any atom is 0.145 e. The van der Waals surface area contributed by atoms with Crippen molar-refractivity contribution in [2.75, 3.05) is 5.32 Å². The molecule has 0 radical (unpaired) electrons. The molecule has 1 aliphatic rings. The number of aromatic nitrogens is 2. The number of nitrogens with zero attached hydrogens (tertiary/aromatic N) is 2. The molecule has 3 nitrogen and oxygen atoms in total. The molecule has 2 aromatic heterocycles. The van der Waals surface area contributed by atoms with E-state index in [1.165, 1.54) is 4.88 Å². The van der Waals surface area contributed by atoms with Gasteiger partial charge in [-0.3, -0.25) is 4.57 Å². The second-order valence-electron chi connectivity index (χ2n) is 5.40. The first-order valence-corrected chi connectivity index (χ1v) is 8.16. The van der Waals surface area contributed by atoms with Gasteiger partial charge in [0.05, 0.1) is 11.0 Å². The third kappa shape index (κ3) is 1.58. The third-order valence-electron chi connectivity index (χ3n) is 4.13. The summed E-state index contributed by atoms with van der Waals surface area (Å²) in [5.74, 6) is 1.04. The number of anilines is 1. The van der Waals surface area contributed by atoms with E-state index in [1.807, 2.05) is 6.07 Å². The summed E-state index contributed by atoms with van der Waals surface area (Å²) in [5, 5.41) is 5.79. The average Bonchev–Trinajstić information content (AvgIpc) is 3.22. The number of imidazole rings is 1. The Labute approximate surface area is 131 Å². The summed E-state index contributed by atoms with van der Waals surface area (Å²) in [5.41, 5.74) is 4.51. The fraction of sp³-hybridized carbons (Fsp3) is 0.0556. The molecule has 1 atom stereocenters. The number of thiophene rings is 1. The highest BCUT2D eigenvalue weighted by Crippen LogP contribution is 2.41. The van der Waals surface area contributed by atoms with Crippen LogP contribution in [0.5, 0.6) is 0 Å². The lowest BCUT2D eigenvalue weighted by atomic mass is 10.1. The van der Waals surface area contributed by atoms with Gasteiger partial charge in [-0.1, -0.05) is 30.3 Å². The zero-order valence-electron chi connectivity index (χ0n) is 11.7. The van der Waals surface area contributed by atoms with Crippen molar-refractivity contribution >= 4 is 28.1 Å². The van der Waals surface area contributed by atoms with Crippen molar-refractivity contribution in [1.29, 1.82) is 0 Å². The van der Waals surface area contributed by atoms with Gasteiger partial charge < -0.3 is 5.32 Å². The molecule has 106 valence electrons. The molecule has 0 fully saturated rings. The maximum atomic E-state index is 4.88. The molecule has 22 heavy (non-hydrogen) atoms. The predicted octanol–water partition coefficient (Wildman–Crippen LogP) is 4.74. The second-order valence-corrected chi connectivity index (χ2v) is 6.38. The molecule has 0 amide bonds. The van der Waals surface area contributed by atoms with E-state index in [0.29, 0.717) is 0 Å². The average molecular weight is 303 g/mol. The zero-order valence-corrected chi connectivity index (χ0v) is 12.5. The first-order valence-electron chi connectivity index (χ1n) is 7.28. The number of para-hydroxylation sites is 3. The quantitative estimate of drug-likeness (QED) is 0.550. The van der Waals surface area contributed by atoms with Crippen LogP contribution in [-0.2, 0) is 0 Å². The molecular weight excluding hydrogens is 290 g/mol. The normalized spacial score (nSPS) is 16.1. The molecule has 4 aromatic rings. The number of hydrogen-bond acceptors (Lipinski definition) is 3. The van der Waals surface area contributed by atoms with Crippen LogP contribution in [0.1, 0.15) is 11.0 Å². The highest BCUT2D eigenvalue weighted by atomic mass is 32.1. The van der Waals surface area contributed by atoms with Crippen molar-refractivity contribution in [1.82, 2.24) is 9.55 Å². The SMILES string of the molecule is c1csc([C@@H]2Nc3ccccc3-c3nc4ccccc4n32)c1. The van der Waals surface area contributed by atoms with Gasteiger partial charge >= 0.3 is 0 Å². The summed E-state index contributed by atoms with van der Waals surface area (Å²) in [6.45, 7) is 0. The molecule has 0 aliphatic carbocycles. The van der Waals surface area contributed by atoms with Crippen LogP contribution >= 0.6 is 11.3 Å². The summed E-state index contributed by atoms with van der Waals surface area (Å²) >= 11 is 1.77. The second kappa shape index (κ2) is 4.45. The highest BCUT2D eigenvalue weighted by Gasteiger charge is 2.28. The van der Waals surface area contributed by atoms with Crippen LogP contribution in [0.15, 0.2) is 66.0 Å². The van der Waals surface area contributed by atoms with E-state index in [4.69, 9.17) is 4.98 Å². The summed E-state index contributed by atoms with van der Waals surface area (Å²) in [6, 6.07) is 21.0. The monoisotopic (exact) mass is 303 g/mol. The molecule has 0 saturated heterocycles. The van der Waals surface area contributed by atoms with Crippen LogP contribution in [0.3, 0.4) is 0 Å². The van der Waals surface area contributed by atoms with Crippen molar-refractivity contribution in [3.63, 3.8) is 0 Å². The van der Waals surface area contributed by atoms with Gasteiger partial charge in [-0.15, -0.1) is 11.3 Å². The molecule has 4 heteroatoms. The van der Waals surface area contributed by atoms with E-state index >= 15 is 0 Å². The minimum Gasteiger partial charge on any atom is -0.360 e. The predicted molar refractivity (Wildman–Crippen MR) is 91.2 cm³/mol. The lowest BCUT2D eigenvalue weighted by molar-refractivity contribution is 0.681. The first kappa shape index (κ1) is 12.0. The molecule has 0 spiro atoms. The number of hydrogen-bond donors (Lipinski definition) is 1. The zero-order chi connectivity index (χ0) is 14.5. The minimum atomic E-state index is 0.0947. The Balaban J connectivity index is 1.87. The van der Waals surface area contributed by atoms with Gasteiger partial charge in [0.15, 0.2) is 0 Å². The summed E-state index contributed by atoms with van der Waals surface area (Å²) in [7, 11) is 0. The van der Waals surface area contributed by atoms with Crippen LogP contribution in [-0.4, -0.2) is 9.55 Å². The van der Waals surface area contributed by atoms with Crippen molar-refractivity contribution < 1.29 is 0 Å². The Bertz CT molecular complexity index is 969. The van der Waals surface area contributed by atoms with E-state index in [0.717, 1.165) is 28.1 Å². The molecule has 0 bridgehead atoms. The fourth-order valence-corrected chi connectivity index (χ4v) is 3.92. The fourth-order valence-electron chi connectivity index (χ4n) is 3.16. The lowest BCUT2D eigenvalue weighted by Crippen LogP contribution is -2.23. The number of fused-ring (bicyclic) bond motifs is 5. The van der Waals surface area contributed by atoms with Crippen molar-refractivity contribution in [3.8, 4) is 11.4 Å². The third-order valence-corrected chi connectivity index (χ3v) is 5.05. The topological polar surface area (TPSA) is 29.9 Å². The van der Waals surface area contributed by atoms with Crippen molar-refractivity contribution in [3.05, 3.63) is 70.9 Å². The summed E-state index contributed by atoms with van der Waals surface area (Å²) < 4.78 is 2.31. The van der Waals surface area contributed by atoms with Gasteiger partial charge in [0.2, 0.25) is 0 Å². The van der Waals surface area contributed by atoms with Crippen LogP contribution < -0.4 is 5.32 Å². The Hall–Kier alpha value is -2.59. The van der Waals surface area contributed by atoms with Crippen LogP contribution in [0.4, 0.5) is 5.69 Å². The number of benzene rings is 2. The summed E-state index contributed by atoms with van der Waals surface area (Å²) in [4.78, 5) is 6.17. The van der Waals surface area contributed by atoms with Crippen LogP contribution in [0.25, 0.3) is 22.4 Å². The first-order chi connectivity index (χ1) is 10.9. The molecule has 1 N–H and O–H groups in total. The van der Waals surface area contributed by atoms with E-state index < -0.39 is 0 Å². The Morgan fingerprint density at radius 1 is 0.955 bits per heavy atom. The van der Waals surface area contributed by atoms with Crippen molar-refractivity contribution in [2.45, 2.75) is 6.17 Å². The maximum absolute atomic E-state index is 4.88. The minimum absolute atomic E-state index is 0.0947. The molecule has 0 saturated carbocycles. The van der Waals surface area contributed by atoms with E-state index in [2.05, 4.69) is 69.9 Å². The van der Waals surface area contributed by atoms with Crippen LogP contribution in [0, 0.1) is 0 Å². The molecule has 1 aliphatic heterocycles. The number of rotatable bonds is 1. The van der Waals surface area contributed by atoms with Crippen LogP contribution in [0.2, 0.25) is 0 Å². The van der Waals surface area contributed by atoms with E-state index in [9.17, 15) is 0 Å². The van der Waals surface area contributed by atoms with E-state index in [-0.39, 0.29) is 6.17 Å². The molecule has 0 unspecified atom stereocenters. The van der Waals surface area contributed by atoms with Gasteiger partial charge in [0, 0.05) is 16.1 Å².